The number of halogens is 8. The number of rotatable bonds is 24. The molecule has 0 fully saturated rings. The maximum absolute atomic E-state index is 12.8. The normalized spacial score (nSPS) is 10.7. The van der Waals surface area contributed by atoms with Gasteiger partial charge in [0.05, 0.1) is 129 Å². The average molecular weight is 1930 g/mol. The van der Waals surface area contributed by atoms with Gasteiger partial charge in [-0.05, 0) is 238 Å². The van der Waals surface area contributed by atoms with Crippen molar-refractivity contribution in [3.05, 3.63) is 389 Å². The van der Waals surface area contributed by atoms with Gasteiger partial charge in [-0.25, -0.2) is 23.4 Å². The summed E-state index contributed by atoms with van der Waals surface area (Å²) in [6.45, 7) is 0.477. The zero-order chi connectivity index (χ0) is 93.3. The highest BCUT2D eigenvalue weighted by Gasteiger charge is 2.22. The molecule has 0 aliphatic carbocycles. The van der Waals surface area contributed by atoms with E-state index >= 15 is 0 Å². The number of sulfone groups is 1. The standard InChI is InChI=1S/C25H18Cl2N4O3.C24H15Cl3N4O2.C24H17Cl2N5O2.C23H24ClN3O3S/c1-34-23-10-7-17(14-29-23)31-24(32)15-5-8-18(21(27)12-15)25(33)30-16-6-9-20(26)19(13-16)22-4-2-3-11-28-22;2*25-19-8-5-15(12-18(19)21-3-1-2-10-28-21)30-24(33)17-7-4-14(11-20(17)26)23(32)31-16-6-9-22(27)29-13-16;1-27(2)13-14-31(29,30)16-17-6-8-18(9-7-17)23(28)26-19-10-11-21(24)20(15-19)22-5-3-4-12-25-22/h2-14H,1H3,(H,30,33)(H,31,32);1-13H,(H,30,33)(H,31,32);1-13H,(H2,27,29)(H,30,33)(H,31,32);3-12,15H,13-14,16H2,1-2H3,(H,26,28). The van der Waals surface area contributed by atoms with Gasteiger partial charge in [0.25, 0.3) is 41.4 Å². The van der Waals surface area contributed by atoms with Crippen LogP contribution in [0, 0.1) is 0 Å². The largest absolute Gasteiger partial charge is 0.481 e. The van der Waals surface area contributed by atoms with Gasteiger partial charge in [0.1, 0.15) is 11.0 Å². The van der Waals surface area contributed by atoms with Gasteiger partial charge in [-0.3, -0.25) is 53.5 Å². The number of methoxy groups -OCH3 is 1. The number of amides is 7. The Kier molecular flexibility index (Phi) is 33.5. The summed E-state index contributed by atoms with van der Waals surface area (Å²) < 4.78 is 29.4. The molecule has 9 N–H and O–H groups in total. The predicted molar refractivity (Wildman–Crippen MR) is 520 cm³/mol. The fourth-order valence-electron chi connectivity index (χ4n) is 12.1. The number of hydrogen-bond acceptors (Lipinski definition) is 19. The number of nitrogens with zero attached hydrogens (tertiary/aromatic N) is 8. The first kappa shape index (κ1) is 96.0. The second kappa shape index (κ2) is 45.8. The van der Waals surface area contributed by atoms with E-state index in [1.165, 1.54) is 80.3 Å². The van der Waals surface area contributed by atoms with Crippen LogP contribution in [0.25, 0.3) is 45.0 Å². The van der Waals surface area contributed by atoms with Crippen LogP contribution >= 0.6 is 92.8 Å². The number of pyridine rings is 7. The molecule has 0 spiro atoms. The highest BCUT2D eigenvalue weighted by molar-refractivity contribution is 7.90. The summed E-state index contributed by atoms with van der Waals surface area (Å²) in [4.78, 5) is 119. The lowest BCUT2D eigenvalue weighted by atomic mass is 10.1. The van der Waals surface area contributed by atoms with Crippen LogP contribution in [-0.2, 0) is 15.6 Å². The number of hydrogen-bond donors (Lipinski definition) is 8. The van der Waals surface area contributed by atoms with Crippen molar-refractivity contribution in [2.45, 2.75) is 5.75 Å². The molecule has 15 aromatic rings. The Balaban J connectivity index is 0.000000158. The van der Waals surface area contributed by atoms with Gasteiger partial charge in [0, 0.05) is 105 Å². The Hall–Kier alpha value is -14.1. The van der Waals surface area contributed by atoms with E-state index < -0.39 is 45.3 Å². The lowest BCUT2D eigenvalue weighted by Crippen LogP contribution is -2.22. The van der Waals surface area contributed by atoms with E-state index in [1.807, 2.05) is 85.7 Å². The molecule has 660 valence electrons. The smallest absolute Gasteiger partial charge is 0.257 e. The van der Waals surface area contributed by atoms with Gasteiger partial charge in [0.15, 0.2) is 9.84 Å². The Morgan fingerprint density at radius 3 is 0.939 bits per heavy atom. The summed E-state index contributed by atoms with van der Waals surface area (Å²) in [6.07, 6.45) is 11.0. The molecule has 7 heterocycles. The maximum atomic E-state index is 12.8. The van der Waals surface area contributed by atoms with Crippen molar-refractivity contribution in [2.24, 2.45) is 0 Å². The summed E-state index contributed by atoms with van der Waals surface area (Å²) >= 11 is 49.9. The van der Waals surface area contributed by atoms with E-state index in [9.17, 15) is 42.0 Å². The topological polar surface area (TPSA) is 367 Å². The molecule has 0 saturated heterocycles. The minimum Gasteiger partial charge on any atom is -0.481 e. The summed E-state index contributed by atoms with van der Waals surface area (Å²) in [6, 6.07) is 72.1. The minimum absolute atomic E-state index is 0.0483. The quantitative estimate of drug-likeness (QED) is 0.0260. The molecular formula is C96H74Cl8N16O10S. The lowest BCUT2D eigenvalue weighted by molar-refractivity contribution is 0.101. The summed E-state index contributed by atoms with van der Waals surface area (Å²) in [5.74, 6) is -1.93. The fraction of sp³-hybridized carbons (Fsp3) is 0.0625. The first-order chi connectivity index (χ1) is 63.0. The Bertz CT molecular complexity index is 6570. The van der Waals surface area contributed by atoms with Crippen molar-refractivity contribution in [2.75, 3.05) is 76.5 Å². The lowest BCUT2D eigenvalue weighted by Gasteiger charge is -2.11. The van der Waals surface area contributed by atoms with E-state index in [0.717, 1.165) is 5.56 Å². The summed E-state index contributed by atoms with van der Waals surface area (Å²) in [5, 5.41) is 22.1. The molecule has 0 unspecified atom stereocenters. The highest BCUT2D eigenvalue weighted by Crippen LogP contribution is 2.36. The number of nitrogen functional groups attached to an aromatic ring is 1. The molecule has 15 rings (SSSR count). The number of benzene rings is 8. The van der Waals surface area contributed by atoms with Gasteiger partial charge in [-0.15, -0.1) is 0 Å². The van der Waals surface area contributed by atoms with Gasteiger partial charge in [0.2, 0.25) is 5.88 Å². The van der Waals surface area contributed by atoms with Crippen LogP contribution in [0.2, 0.25) is 40.3 Å². The Morgan fingerprint density at radius 1 is 0.328 bits per heavy atom. The Morgan fingerprint density at radius 2 is 0.641 bits per heavy atom. The number of carbonyl (C=O) groups excluding carboxylic acids is 7. The Labute approximate surface area is 792 Å². The van der Waals surface area contributed by atoms with E-state index in [1.54, 1.807) is 164 Å². The number of ether oxygens (including phenoxy) is 1. The first-order valence-electron chi connectivity index (χ1n) is 39.2. The molecule has 7 amide bonds. The molecule has 0 saturated carbocycles. The molecule has 26 nitrogen and oxygen atoms in total. The van der Waals surface area contributed by atoms with Gasteiger partial charge < -0.3 is 52.6 Å². The maximum Gasteiger partial charge on any atom is 0.257 e. The van der Waals surface area contributed by atoms with E-state index in [0.29, 0.717) is 139 Å². The molecule has 131 heavy (non-hydrogen) atoms. The number of carbonyl (C=O) groups is 7. The number of nitrogens with one attached hydrogen (secondary N) is 7. The van der Waals surface area contributed by atoms with Crippen LogP contribution in [0.4, 0.5) is 45.6 Å². The monoisotopic (exact) mass is 1920 g/mol. The molecule has 0 atom stereocenters. The van der Waals surface area contributed by atoms with Crippen LogP contribution in [0.1, 0.15) is 78.1 Å². The zero-order valence-corrected chi connectivity index (χ0v) is 76.0. The second-order valence-electron chi connectivity index (χ2n) is 28.4. The van der Waals surface area contributed by atoms with Crippen molar-refractivity contribution in [3.8, 4) is 50.9 Å². The van der Waals surface area contributed by atoms with Crippen molar-refractivity contribution in [3.63, 3.8) is 0 Å². The molecule has 7 aromatic heterocycles. The van der Waals surface area contributed by atoms with E-state index in [-0.39, 0.29) is 60.3 Å². The molecule has 0 aliphatic rings. The molecule has 8 aromatic carbocycles. The number of nitrogens with two attached hydrogens (primary N) is 1. The second-order valence-corrected chi connectivity index (χ2v) is 33.8. The van der Waals surface area contributed by atoms with Crippen molar-refractivity contribution >= 4 is 190 Å². The molecule has 35 heteroatoms. The minimum atomic E-state index is -3.21. The third kappa shape index (κ3) is 27.5. The van der Waals surface area contributed by atoms with E-state index in [4.69, 9.17) is 103 Å². The van der Waals surface area contributed by atoms with Crippen LogP contribution in [0.5, 0.6) is 5.88 Å². The van der Waals surface area contributed by atoms with Crippen LogP contribution in [0.15, 0.2) is 304 Å². The molecule has 0 radical (unpaired) electrons. The van der Waals surface area contributed by atoms with Crippen molar-refractivity contribution < 1.29 is 46.7 Å². The fourth-order valence-corrected chi connectivity index (χ4v) is 15.4. The molecule has 0 aliphatic heterocycles. The SMILES string of the molecule is CN(C)CCS(=O)(=O)Cc1ccc(C(=O)Nc2ccc(Cl)c(-c3ccccn3)c2)cc1.COc1ccc(NC(=O)c2ccc(C(=O)Nc3ccc(Cl)c(-c4ccccn4)c3)c(Cl)c2)cn1.Nc1ccc(NC(=O)c2ccc(C(=O)Nc3ccc(Cl)c(-c4ccccn4)c3)c(Cl)c2)cn1.O=C(Nc1ccc(Cl)nc1)c1ccc(C(=O)Nc2ccc(Cl)c(-c3ccccn3)c2)c(Cl)c1. The van der Waals surface area contributed by atoms with Crippen LogP contribution in [-0.4, -0.2) is 123 Å². The third-order valence-corrected chi connectivity index (χ3v) is 22.8. The summed E-state index contributed by atoms with van der Waals surface area (Å²) in [5.41, 5.74) is 17.3. The summed E-state index contributed by atoms with van der Waals surface area (Å²) in [7, 11) is 1.97. The van der Waals surface area contributed by atoms with Crippen LogP contribution in [0.3, 0.4) is 0 Å². The number of aromatic nitrogens is 7. The van der Waals surface area contributed by atoms with Gasteiger partial charge in [-0.2, -0.15) is 0 Å². The zero-order valence-electron chi connectivity index (χ0n) is 69.2. The van der Waals surface area contributed by atoms with Crippen molar-refractivity contribution in [1.82, 2.24) is 39.8 Å². The van der Waals surface area contributed by atoms with Gasteiger partial charge >= 0.3 is 0 Å². The van der Waals surface area contributed by atoms with Crippen molar-refractivity contribution in [1.29, 1.82) is 0 Å². The number of anilines is 8. The highest BCUT2D eigenvalue weighted by atomic mass is 35.5. The van der Waals surface area contributed by atoms with Gasteiger partial charge in [-0.1, -0.05) is 129 Å². The van der Waals surface area contributed by atoms with E-state index in [2.05, 4.69) is 72.1 Å². The first-order valence-corrected chi connectivity index (χ1v) is 44.0. The third-order valence-electron chi connectivity index (χ3n) is 18.8. The van der Waals surface area contributed by atoms with Crippen LogP contribution < -0.4 is 47.7 Å². The predicted octanol–water partition coefficient (Wildman–Crippen LogP) is 22.2. The molecule has 0 bridgehead atoms. The average Bonchev–Trinajstić information content (AvgIpc) is 0.825. The molecular weight excluding hydrogens is 1850 g/mol.